The topological polar surface area (TPSA) is 79.5 Å². The third kappa shape index (κ3) is 4.69. The van der Waals surface area contributed by atoms with Crippen molar-refractivity contribution in [1.29, 1.82) is 0 Å². The van der Waals surface area contributed by atoms with Crippen molar-refractivity contribution in [3.8, 4) is 0 Å². The van der Waals surface area contributed by atoms with Gasteiger partial charge in [-0.25, -0.2) is 17.2 Å². The van der Waals surface area contributed by atoms with Crippen molar-refractivity contribution in [2.24, 2.45) is 5.92 Å². The van der Waals surface area contributed by atoms with Crippen molar-refractivity contribution in [3.63, 3.8) is 0 Å². The van der Waals surface area contributed by atoms with Crippen LogP contribution in [0, 0.1) is 17.6 Å². The average molecular weight is 400 g/mol. The summed E-state index contributed by atoms with van der Waals surface area (Å²) in [6, 6.07) is 2.43. The van der Waals surface area contributed by atoms with Gasteiger partial charge < -0.3 is 4.52 Å². The molecular weight excluding hydrogens is 378 g/mol. The third-order valence-electron chi connectivity index (χ3n) is 4.30. The quantitative estimate of drug-likeness (QED) is 0.739. The normalized spacial score (nSPS) is 16.9. The van der Waals surface area contributed by atoms with Gasteiger partial charge in [-0.1, -0.05) is 19.0 Å². The van der Waals surface area contributed by atoms with Crippen LogP contribution in [0.15, 0.2) is 27.6 Å². The second kappa shape index (κ2) is 7.99. The maximum atomic E-state index is 13.9. The molecule has 2 aromatic rings. The van der Waals surface area contributed by atoms with Gasteiger partial charge >= 0.3 is 0 Å². The van der Waals surface area contributed by atoms with Crippen LogP contribution in [0.2, 0.25) is 0 Å². The van der Waals surface area contributed by atoms with Gasteiger partial charge in [0.15, 0.2) is 5.82 Å². The minimum absolute atomic E-state index is 0.172. The monoisotopic (exact) mass is 400 g/mol. The molecule has 0 aliphatic carbocycles. The Kier molecular flexibility index (Phi) is 5.87. The summed E-state index contributed by atoms with van der Waals surface area (Å²) in [4.78, 5) is 5.69. The predicted molar refractivity (Wildman–Crippen MR) is 93.2 cm³/mol. The number of hydrogen-bond acceptors (Lipinski definition) is 6. The van der Waals surface area contributed by atoms with Crippen LogP contribution >= 0.6 is 0 Å². The SMILES string of the molecule is CC(C)Cc1noc(CN2CCN(S(=O)(=O)c3cc(F)ccc3F)CC2)n1. The van der Waals surface area contributed by atoms with Crippen molar-refractivity contribution < 1.29 is 21.7 Å². The Labute approximate surface area is 157 Å². The summed E-state index contributed by atoms with van der Waals surface area (Å²) in [5.41, 5.74) is 0. The molecule has 2 heterocycles. The molecule has 0 N–H and O–H groups in total. The van der Waals surface area contributed by atoms with E-state index in [0.29, 0.717) is 43.3 Å². The third-order valence-corrected chi connectivity index (χ3v) is 6.22. The zero-order chi connectivity index (χ0) is 19.6. The Morgan fingerprint density at radius 3 is 2.56 bits per heavy atom. The largest absolute Gasteiger partial charge is 0.338 e. The summed E-state index contributed by atoms with van der Waals surface area (Å²) in [6.45, 7) is 5.76. The highest BCUT2D eigenvalue weighted by atomic mass is 32.2. The molecule has 0 unspecified atom stereocenters. The summed E-state index contributed by atoms with van der Waals surface area (Å²) >= 11 is 0. The lowest BCUT2D eigenvalue weighted by molar-refractivity contribution is 0.163. The molecule has 7 nitrogen and oxygen atoms in total. The number of halogens is 2. The van der Waals surface area contributed by atoms with Gasteiger partial charge in [-0.2, -0.15) is 9.29 Å². The lowest BCUT2D eigenvalue weighted by atomic mass is 10.1. The highest BCUT2D eigenvalue weighted by Crippen LogP contribution is 2.22. The van der Waals surface area contributed by atoms with Gasteiger partial charge in [0, 0.05) is 32.6 Å². The Hall–Kier alpha value is -1.91. The van der Waals surface area contributed by atoms with Gasteiger partial charge in [0.2, 0.25) is 15.9 Å². The fourth-order valence-electron chi connectivity index (χ4n) is 2.94. The molecule has 0 amide bonds. The molecule has 148 valence electrons. The van der Waals surface area contributed by atoms with Crippen LogP contribution in [0.3, 0.4) is 0 Å². The lowest BCUT2D eigenvalue weighted by Gasteiger charge is -2.33. The zero-order valence-corrected chi connectivity index (χ0v) is 16.0. The molecule has 0 spiro atoms. The second-order valence-corrected chi connectivity index (χ2v) is 8.86. The fraction of sp³-hybridized carbons (Fsp3) is 0.529. The average Bonchev–Trinajstić information content (AvgIpc) is 3.03. The van der Waals surface area contributed by atoms with E-state index in [-0.39, 0.29) is 13.1 Å². The van der Waals surface area contributed by atoms with Crippen molar-refractivity contribution in [2.45, 2.75) is 31.7 Å². The van der Waals surface area contributed by atoms with E-state index < -0.39 is 26.6 Å². The number of benzene rings is 1. The first-order valence-corrected chi connectivity index (χ1v) is 10.2. The van der Waals surface area contributed by atoms with Gasteiger partial charge in [0.25, 0.3) is 0 Å². The minimum Gasteiger partial charge on any atom is -0.338 e. The van der Waals surface area contributed by atoms with Gasteiger partial charge in [-0.3, -0.25) is 4.90 Å². The Morgan fingerprint density at radius 2 is 1.89 bits per heavy atom. The first-order valence-electron chi connectivity index (χ1n) is 8.74. The van der Waals surface area contributed by atoms with Crippen LogP contribution in [0.1, 0.15) is 25.6 Å². The summed E-state index contributed by atoms with van der Waals surface area (Å²) in [6.07, 6.45) is 0.731. The first kappa shape index (κ1) is 19.8. The maximum absolute atomic E-state index is 13.9. The minimum atomic E-state index is -4.08. The van der Waals surface area contributed by atoms with Gasteiger partial charge in [0.05, 0.1) is 6.54 Å². The van der Waals surface area contributed by atoms with Crippen LogP contribution in [0.25, 0.3) is 0 Å². The molecule has 1 aliphatic heterocycles. The number of hydrogen-bond donors (Lipinski definition) is 0. The molecule has 1 fully saturated rings. The second-order valence-electron chi connectivity index (χ2n) is 6.96. The summed E-state index contributed by atoms with van der Waals surface area (Å²) < 4.78 is 58.8. The van der Waals surface area contributed by atoms with Crippen LogP contribution in [0.4, 0.5) is 8.78 Å². The van der Waals surface area contributed by atoms with Crippen LogP contribution in [0.5, 0.6) is 0 Å². The van der Waals surface area contributed by atoms with E-state index in [2.05, 4.69) is 24.0 Å². The molecule has 27 heavy (non-hydrogen) atoms. The Morgan fingerprint density at radius 1 is 1.19 bits per heavy atom. The smallest absolute Gasteiger partial charge is 0.246 e. The molecule has 1 saturated heterocycles. The first-order chi connectivity index (χ1) is 12.8. The van der Waals surface area contributed by atoms with E-state index >= 15 is 0 Å². The zero-order valence-electron chi connectivity index (χ0n) is 15.2. The fourth-order valence-corrected chi connectivity index (χ4v) is 4.43. The van der Waals surface area contributed by atoms with E-state index in [1.54, 1.807) is 0 Å². The molecule has 3 rings (SSSR count). The van der Waals surface area contributed by atoms with Gasteiger partial charge in [0.1, 0.15) is 16.5 Å². The summed E-state index contributed by atoms with van der Waals surface area (Å²) in [5.74, 6) is -0.182. The van der Waals surface area contributed by atoms with E-state index in [1.165, 1.54) is 4.31 Å². The number of nitrogens with zero attached hydrogens (tertiary/aromatic N) is 4. The molecule has 1 aromatic carbocycles. The van der Waals surface area contributed by atoms with Crippen molar-refractivity contribution >= 4 is 10.0 Å². The maximum Gasteiger partial charge on any atom is 0.246 e. The summed E-state index contributed by atoms with van der Waals surface area (Å²) in [5, 5.41) is 3.94. The predicted octanol–water partition coefficient (Wildman–Crippen LogP) is 2.05. The van der Waals surface area contributed by atoms with E-state index in [4.69, 9.17) is 4.52 Å². The van der Waals surface area contributed by atoms with Gasteiger partial charge in [-0.15, -0.1) is 0 Å². The number of sulfonamides is 1. The van der Waals surface area contributed by atoms with Crippen LogP contribution in [-0.4, -0.2) is 53.9 Å². The number of aromatic nitrogens is 2. The molecule has 0 radical (unpaired) electrons. The molecule has 0 atom stereocenters. The van der Waals surface area contributed by atoms with Crippen molar-refractivity contribution in [3.05, 3.63) is 41.5 Å². The standard InChI is InChI=1S/C17H22F2N4O3S/c1-12(2)9-16-20-17(26-21-16)11-22-5-7-23(8-6-22)27(24,25)15-10-13(18)3-4-14(15)19/h3-4,10,12H,5-9,11H2,1-2H3. The Bertz CT molecular complexity index is 893. The van der Waals surface area contributed by atoms with E-state index in [1.807, 2.05) is 4.90 Å². The highest BCUT2D eigenvalue weighted by Gasteiger charge is 2.31. The Balaban J connectivity index is 1.61. The van der Waals surface area contributed by atoms with Crippen LogP contribution in [-0.2, 0) is 23.0 Å². The number of rotatable bonds is 6. The van der Waals surface area contributed by atoms with Crippen molar-refractivity contribution in [2.75, 3.05) is 26.2 Å². The van der Waals surface area contributed by atoms with Gasteiger partial charge in [-0.05, 0) is 24.1 Å². The highest BCUT2D eigenvalue weighted by molar-refractivity contribution is 7.89. The molecule has 0 bridgehead atoms. The lowest BCUT2D eigenvalue weighted by Crippen LogP contribution is -2.48. The molecule has 0 saturated carbocycles. The van der Waals surface area contributed by atoms with Crippen molar-refractivity contribution in [1.82, 2.24) is 19.3 Å². The van der Waals surface area contributed by atoms with E-state index in [0.717, 1.165) is 18.6 Å². The van der Waals surface area contributed by atoms with E-state index in [9.17, 15) is 17.2 Å². The van der Waals surface area contributed by atoms with Crippen LogP contribution < -0.4 is 0 Å². The molecule has 1 aromatic heterocycles. The molecule has 10 heteroatoms. The summed E-state index contributed by atoms with van der Waals surface area (Å²) in [7, 11) is -4.08. The number of piperazine rings is 1. The molecule has 1 aliphatic rings. The molecular formula is C17H22F2N4O3S.